The zero-order valence-electron chi connectivity index (χ0n) is 18.9. The molecule has 0 saturated carbocycles. The highest BCUT2D eigenvalue weighted by atomic mass is 79.9. The van der Waals surface area contributed by atoms with Crippen molar-refractivity contribution in [2.75, 3.05) is 32.7 Å². The van der Waals surface area contributed by atoms with Crippen molar-refractivity contribution in [2.24, 2.45) is 0 Å². The molecule has 2 aromatic rings. The summed E-state index contributed by atoms with van der Waals surface area (Å²) in [5, 5.41) is 2.08. The molecule has 1 aliphatic rings. The van der Waals surface area contributed by atoms with Crippen LogP contribution in [0, 0.1) is 12.3 Å². The highest BCUT2D eigenvalue weighted by Gasteiger charge is 2.36. The average Bonchev–Trinajstić information content (AvgIpc) is 3.10. The van der Waals surface area contributed by atoms with E-state index in [4.69, 9.17) is 27.5 Å². The van der Waals surface area contributed by atoms with E-state index in [1.807, 2.05) is 0 Å². The molecular formula is C24H18BrClN2O7S. The number of anilines is 1. The molecule has 36 heavy (non-hydrogen) atoms. The van der Waals surface area contributed by atoms with Crippen molar-refractivity contribution in [2.45, 2.75) is 0 Å². The Bertz CT molecular complexity index is 1320. The quantitative estimate of drug-likeness (QED) is 0.269. The van der Waals surface area contributed by atoms with E-state index >= 15 is 0 Å². The summed E-state index contributed by atoms with van der Waals surface area (Å²) in [7, 11) is 2.66. The maximum atomic E-state index is 12.9. The van der Waals surface area contributed by atoms with Gasteiger partial charge in [0.1, 0.15) is 13.2 Å². The Hall–Kier alpha value is -3.46. The van der Waals surface area contributed by atoms with E-state index in [1.54, 1.807) is 12.1 Å². The highest BCUT2D eigenvalue weighted by Crippen LogP contribution is 2.39. The van der Waals surface area contributed by atoms with Gasteiger partial charge in [-0.05, 0) is 69.7 Å². The van der Waals surface area contributed by atoms with Crippen molar-refractivity contribution in [3.05, 3.63) is 55.9 Å². The first-order valence-corrected chi connectivity index (χ1v) is 12.0. The molecule has 0 aromatic heterocycles. The largest absolute Gasteiger partial charge is 0.493 e. The number of carbonyl (C=O) groups excluding carboxylic acids is 4. The zero-order chi connectivity index (χ0) is 26.4. The van der Waals surface area contributed by atoms with Gasteiger partial charge < -0.3 is 19.5 Å². The summed E-state index contributed by atoms with van der Waals surface area (Å²) in [6, 6.07) is 7.53. The van der Waals surface area contributed by atoms with Crippen LogP contribution in [0.2, 0.25) is 5.02 Å². The number of nitrogens with zero attached hydrogens (tertiary/aromatic N) is 1. The Morgan fingerprint density at radius 2 is 2.00 bits per heavy atom. The number of methoxy groups -OCH3 is 2. The molecule has 3 rings (SSSR count). The van der Waals surface area contributed by atoms with E-state index in [9.17, 15) is 19.2 Å². The monoisotopic (exact) mass is 592 g/mol. The summed E-state index contributed by atoms with van der Waals surface area (Å²) < 4.78 is 16.0. The number of hydrogen-bond donors (Lipinski definition) is 1. The minimum atomic E-state index is -0.675. The SMILES string of the molecule is C#CCOc1c(Br)cc(/C=C2\SC(=O)N(CC(=O)Nc3ccc(Cl)c(C(=O)OC)c3)C2=O)cc1OC. The first-order valence-electron chi connectivity index (χ1n) is 10.0. The van der Waals surface area contributed by atoms with Crippen molar-refractivity contribution in [1.82, 2.24) is 4.90 Å². The minimum absolute atomic E-state index is 0.0370. The topological polar surface area (TPSA) is 111 Å². The van der Waals surface area contributed by atoms with Gasteiger partial charge in [0.2, 0.25) is 5.91 Å². The molecule has 1 aliphatic heterocycles. The van der Waals surface area contributed by atoms with Gasteiger partial charge in [0, 0.05) is 5.69 Å². The smallest absolute Gasteiger partial charge is 0.339 e. The van der Waals surface area contributed by atoms with Crippen LogP contribution in [-0.2, 0) is 14.3 Å². The van der Waals surface area contributed by atoms with Crippen LogP contribution in [0.4, 0.5) is 10.5 Å². The number of nitrogens with one attached hydrogen (secondary N) is 1. The molecule has 1 N–H and O–H groups in total. The molecule has 2 aromatic carbocycles. The van der Waals surface area contributed by atoms with Crippen LogP contribution in [0.15, 0.2) is 39.7 Å². The summed E-state index contributed by atoms with van der Waals surface area (Å²) in [6.07, 6.45) is 6.74. The van der Waals surface area contributed by atoms with Crippen LogP contribution >= 0.6 is 39.3 Å². The summed E-state index contributed by atoms with van der Waals surface area (Å²) in [5.74, 6) is 1.19. The fourth-order valence-corrected chi connectivity index (χ4v) is 4.69. The number of esters is 1. The standard InChI is InChI=1S/C24H18BrClN2O7S/c1-4-7-35-21-16(25)8-13(9-18(21)33-2)10-19-22(30)28(24(32)36-19)12-20(29)27-14-5-6-17(26)15(11-14)23(31)34-3/h1,5-6,8-11H,7,12H2,2-3H3,(H,27,29)/b19-10-. The molecule has 0 atom stereocenters. The third-order valence-corrected chi connectivity index (χ3v) is 6.51. The van der Waals surface area contributed by atoms with E-state index in [0.29, 0.717) is 33.3 Å². The lowest BCUT2D eigenvalue weighted by molar-refractivity contribution is -0.127. The van der Waals surface area contributed by atoms with Crippen LogP contribution < -0.4 is 14.8 Å². The number of ether oxygens (including phenoxy) is 3. The van der Waals surface area contributed by atoms with E-state index in [-0.39, 0.29) is 27.8 Å². The average molecular weight is 594 g/mol. The molecule has 186 valence electrons. The van der Waals surface area contributed by atoms with Gasteiger partial charge in [-0.1, -0.05) is 17.5 Å². The number of halogens is 2. The maximum Gasteiger partial charge on any atom is 0.339 e. The minimum Gasteiger partial charge on any atom is -0.493 e. The fourth-order valence-electron chi connectivity index (χ4n) is 3.08. The second-order valence-electron chi connectivity index (χ2n) is 7.03. The van der Waals surface area contributed by atoms with Crippen LogP contribution in [0.25, 0.3) is 6.08 Å². The van der Waals surface area contributed by atoms with Gasteiger partial charge in [0.05, 0.1) is 34.2 Å². The Morgan fingerprint density at radius 1 is 1.25 bits per heavy atom. The van der Waals surface area contributed by atoms with Crippen LogP contribution in [0.3, 0.4) is 0 Å². The highest BCUT2D eigenvalue weighted by molar-refractivity contribution is 9.10. The van der Waals surface area contributed by atoms with E-state index in [2.05, 4.69) is 31.9 Å². The van der Waals surface area contributed by atoms with Crippen LogP contribution in [0.5, 0.6) is 11.5 Å². The lowest BCUT2D eigenvalue weighted by Gasteiger charge is -2.13. The molecule has 0 radical (unpaired) electrons. The second kappa shape index (κ2) is 12.0. The first-order chi connectivity index (χ1) is 17.2. The molecule has 1 saturated heterocycles. The number of terminal acetylenes is 1. The van der Waals surface area contributed by atoms with Crippen LogP contribution in [-0.4, -0.2) is 55.3 Å². The number of amides is 3. The van der Waals surface area contributed by atoms with Crippen LogP contribution in [0.1, 0.15) is 15.9 Å². The first kappa shape index (κ1) is 27.1. The van der Waals surface area contributed by atoms with Gasteiger partial charge in [-0.15, -0.1) is 6.42 Å². The van der Waals surface area contributed by atoms with Gasteiger partial charge in [-0.25, -0.2) is 4.79 Å². The summed E-state index contributed by atoms with van der Waals surface area (Å²) in [4.78, 5) is 50.6. The Morgan fingerprint density at radius 3 is 2.67 bits per heavy atom. The lowest BCUT2D eigenvalue weighted by Crippen LogP contribution is -2.36. The Labute approximate surface area is 224 Å². The molecule has 9 nitrogen and oxygen atoms in total. The van der Waals surface area contributed by atoms with Crippen molar-refractivity contribution in [1.29, 1.82) is 0 Å². The van der Waals surface area contributed by atoms with Gasteiger partial charge in [-0.3, -0.25) is 19.3 Å². The number of benzene rings is 2. The predicted molar refractivity (Wildman–Crippen MR) is 139 cm³/mol. The van der Waals surface area contributed by atoms with Gasteiger partial charge in [0.25, 0.3) is 11.1 Å². The van der Waals surface area contributed by atoms with Crippen molar-refractivity contribution in [3.63, 3.8) is 0 Å². The molecular weight excluding hydrogens is 576 g/mol. The second-order valence-corrected chi connectivity index (χ2v) is 9.28. The number of carbonyl (C=O) groups is 4. The van der Waals surface area contributed by atoms with Crippen molar-refractivity contribution < 1.29 is 33.4 Å². The molecule has 0 aliphatic carbocycles. The summed E-state index contributed by atoms with van der Waals surface area (Å²) in [6.45, 7) is -0.487. The van der Waals surface area contributed by atoms with Crippen molar-refractivity contribution in [3.8, 4) is 23.8 Å². The van der Waals surface area contributed by atoms with Gasteiger partial charge in [-0.2, -0.15) is 0 Å². The number of hydrogen-bond acceptors (Lipinski definition) is 8. The molecule has 0 spiro atoms. The van der Waals surface area contributed by atoms with Gasteiger partial charge >= 0.3 is 5.97 Å². The number of rotatable bonds is 8. The van der Waals surface area contributed by atoms with E-state index in [1.165, 1.54) is 38.5 Å². The molecule has 0 unspecified atom stereocenters. The summed E-state index contributed by atoms with van der Waals surface area (Å²) >= 11 is 10.1. The lowest BCUT2D eigenvalue weighted by atomic mass is 10.2. The molecule has 3 amide bonds. The number of imide groups is 1. The third-order valence-electron chi connectivity index (χ3n) is 4.68. The Balaban J connectivity index is 1.75. The fraction of sp³-hybridized carbons (Fsp3) is 0.167. The normalized spacial score (nSPS) is 14.0. The Kier molecular flexibility index (Phi) is 9.03. The summed E-state index contributed by atoms with van der Waals surface area (Å²) in [5.41, 5.74) is 0.859. The van der Waals surface area contributed by atoms with Crippen molar-refractivity contribution >= 4 is 74.1 Å². The predicted octanol–water partition coefficient (Wildman–Crippen LogP) is 4.58. The van der Waals surface area contributed by atoms with E-state index < -0.39 is 29.6 Å². The van der Waals surface area contributed by atoms with E-state index in [0.717, 1.165) is 4.90 Å². The number of thioether (sulfide) groups is 1. The molecule has 0 bridgehead atoms. The van der Waals surface area contributed by atoms with Gasteiger partial charge in [0.15, 0.2) is 11.5 Å². The molecule has 1 heterocycles. The third kappa shape index (κ3) is 6.20. The molecule has 12 heteroatoms. The molecule has 1 fully saturated rings. The maximum absolute atomic E-state index is 12.9. The zero-order valence-corrected chi connectivity index (χ0v) is 22.1.